The summed E-state index contributed by atoms with van der Waals surface area (Å²) in [6.07, 6.45) is 1.50. The van der Waals surface area contributed by atoms with Gasteiger partial charge in [-0.3, -0.25) is 9.59 Å². The third kappa shape index (κ3) is 3.67. The van der Waals surface area contributed by atoms with Gasteiger partial charge in [0.05, 0.1) is 26.2 Å². The number of ether oxygens (including phenoxy) is 2. The molecule has 0 aliphatic carbocycles. The lowest BCUT2D eigenvalue weighted by molar-refractivity contribution is -0.135. The molecule has 1 spiro atoms. The highest BCUT2D eigenvalue weighted by Gasteiger charge is 2.40. The van der Waals surface area contributed by atoms with Crippen LogP contribution >= 0.6 is 0 Å². The average molecular weight is 383 g/mol. The van der Waals surface area contributed by atoms with E-state index in [1.54, 1.807) is 13.8 Å². The summed E-state index contributed by atoms with van der Waals surface area (Å²) in [4.78, 5) is 34.3. The van der Waals surface area contributed by atoms with E-state index in [1.165, 1.54) is 0 Å². The fraction of sp³-hybridized carbons (Fsp3) is 0.476. The first-order valence-electron chi connectivity index (χ1n) is 9.65. The fourth-order valence-electron chi connectivity index (χ4n) is 4.01. The topological polar surface area (TPSA) is 84.5 Å². The van der Waals surface area contributed by atoms with E-state index in [2.05, 4.69) is 9.97 Å². The van der Waals surface area contributed by atoms with Gasteiger partial charge in [0.1, 0.15) is 17.2 Å². The number of rotatable bonds is 2. The second-order valence-electron chi connectivity index (χ2n) is 7.65. The van der Waals surface area contributed by atoms with Crippen molar-refractivity contribution in [3.8, 4) is 5.75 Å². The molecule has 0 atom stereocenters. The van der Waals surface area contributed by atoms with E-state index in [1.807, 2.05) is 29.2 Å². The van der Waals surface area contributed by atoms with Crippen molar-refractivity contribution in [3.05, 3.63) is 57.3 Å². The molecule has 4 rings (SSSR count). The fourth-order valence-corrected chi connectivity index (χ4v) is 4.01. The van der Waals surface area contributed by atoms with Gasteiger partial charge < -0.3 is 19.4 Å². The maximum absolute atomic E-state index is 13.2. The number of carbonyl (C=O) groups is 1. The van der Waals surface area contributed by atoms with E-state index in [0.29, 0.717) is 43.4 Å². The van der Waals surface area contributed by atoms with Crippen LogP contribution in [0.25, 0.3) is 0 Å². The Kier molecular flexibility index (Phi) is 4.93. The summed E-state index contributed by atoms with van der Waals surface area (Å²) in [7, 11) is 0. The molecule has 0 radical (unpaired) electrons. The number of H-pyrrole nitrogens is 1. The summed E-state index contributed by atoms with van der Waals surface area (Å²) < 4.78 is 11.9. The number of hydrogen-bond donors (Lipinski definition) is 1. The van der Waals surface area contributed by atoms with Crippen LogP contribution in [0.4, 0.5) is 0 Å². The molecule has 7 nitrogen and oxygen atoms in total. The predicted octanol–water partition coefficient (Wildman–Crippen LogP) is 1.90. The highest BCUT2D eigenvalue weighted by molar-refractivity contribution is 5.79. The smallest absolute Gasteiger partial charge is 0.254 e. The Hall–Kier alpha value is -2.67. The molecule has 0 bridgehead atoms. The Bertz CT molecular complexity index is 947. The number of amides is 1. The lowest BCUT2D eigenvalue weighted by Crippen LogP contribution is -2.51. The van der Waals surface area contributed by atoms with Gasteiger partial charge in [-0.05, 0) is 19.9 Å². The van der Waals surface area contributed by atoms with Crippen molar-refractivity contribution in [2.45, 2.75) is 45.3 Å². The van der Waals surface area contributed by atoms with Crippen LogP contribution in [0.3, 0.4) is 0 Å². The molecule has 148 valence electrons. The Morgan fingerprint density at radius 3 is 2.75 bits per heavy atom. The van der Waals surface area contributed by atoms with Crippen LogP contribution in [0, 0.1) is 13.8 Å². The van der Waals surface area contributed by atoms with Crippen molar-refractivity contribution in [1.82, 2.24) is 14.9 Å². The summed E-state index contributed by atoms with van der Waals surface area (Å²) in [5.41, 5.74) is 1.31. The quantitative estimate of drug-likeness (QED) is 0.856. The van der Waals surface area contributed by atoms with Crippen LogP contribution in [-0.4, -0.2) is 46.1 Å². The number of fused-ring (bicyclic) bond motifs is 1. The molecule has 1 N–H and O–H groups in total. The maximum Gasteiger partial charge on any atom is 0.254 e. The van der Waals surface area contributed by atoms with Crippen molar-refractivity contribution in [2.24, 2.45) is 0 Å². The minimum absolute atomic E-state index is 0.0309. The number of para-hydroxylation sites is 1. The monoisotopic (exact) mass is 383 g/mol. The number of benzene rings is 1. The number of carbonyl (C=O) groups excluding carboxylic acids is 1. The summed E-state index contributed by atoms with van der Waals surface area (Å²) in [6, 6.07) is 7.84. The van der Waals surface area contributed by atoms with Crippen LogP contribution in [0.2, 0.25) is 0 Å². The van der Waals surface area contributed by atoms with Crippen molar-refractivity contribution >= 4 is 5.91 Å². The number of hydrogen-bond acceptors (Lipinski definition) is 5. The van der Waals surface area contributed by atoms with E-state index in [4.69, 9.17) is 9.47 Å². The lowest BCUT2D eigenvalue weighted by atomic mass is 9.93. The summed E-state index contributed by atoms with van der Waals surface area (Å²) in [5, 5.41) is 0. The first kappa shape index (κ1) is 18.7. The minimum atomic E-state index is -0.451. The molecule has 1 aromatic heterocycles. The zero-order chi connectivity index (χ0) is 19.7. The zero-order valence-electron chi connectivity index (χ0n) is 16.3. The van der Waals surface area contributed by atoms with Gasteiger partial charge in [0.25, 0.3) is 5.56 Å². The number of nitrogens with zero attached hydrogens (tertiary/aromatic N) is 2. The molecular formula is C21H25N3O4. The van der Waals surface area contributed by atoms with Gasteiger partial charge in [0.15, 0.2) is 0 Å². The number of aryl methyl sites for hydroxylation is 2. The van der Waals surface area contributed by atoms with Crippen molar-refractivity contribution in [1.29, 1.82) is 0 Å². The molecule has 1 amide bonds. The second kappa shape index (κ2) is 7.39. The third-order valence-corrected chi connectivity index (χ3v) is 5.56. The molecule has 1 aromatic carbocycles. The summed E-state index contributed by atoms with van der Waals surface area (Å²) in [6.45, 7) is 5.69. The minimum Gasteiger partial charge on any atom is -0.485 e. The Balaban J connectivity index is 1.64. The van der Waals surface area contributed by atoms with Crippen LogP contribution in [0.1, 0.15) is 35.5 Å². The second-order valence-corrected chi connectivity index (χ2v) is 7.65. The molecule has 28 heavy (non-hydrogen) atoms. The highest BCUT2D eigenvalue weighted by Crippen LogP contribution is 2.35. The van der Waals surface area contributed by atoms with E-state index in [0.717, 1.165) is 24.2 Å². The highest BCUT2D eigenvalue weighted by atomic mass is 16.5. The van der Waals surface area contributed by atoms with Gasteiger partial charge >= 0.3 is 0 Å². The van der Waals surface area contributed by atoms with Gasteiger partial charge in [0, 0.05) is 36.2 Å². The predicted molar refractivity (Wildman–Crippen MR) is 103 cm³/mol. The first-order chi connectivity index (χ1) is 13.5. The Morgan fingerprint density at radius 1 is 1.25 bits per heavy atom. The molecule has 0 saturated carbocycles. The van der Waals surface area contributed by atoms with Crippen molar-refractivity contribution in [2.75, 3.05) is 19.8 Å². The van der Waals surface area contributed by atoms with Gasteiger partial charge in [-0.1, -0.05) is 18.2 Å². The van der Waals surface area contributed by atoms with Gasteiger partial charge in [0.2, 0.25) is 5.91 Å². The van der Waals surface area contributed by atoms with Crippen LogP contribution < -0.4 is 10.3 Å². The van der Waals surface area contributed by atoms with Crippen molar-refractivity contribution < 1.29 is 14.3 Å². The summed E-state index contributed by atoms with van der Waals surface area (Å²) in [5.74, 6) is 1.29. The molecule has 2 aromatic rings. The summed E-state index contributed by atoms with van der Waals surface area (Å²) >= 11 is 0. The molecule has 0 unspecified atom stereocenters. The van der Waals surface area contributed by atoms with E-state index in [9.17, 15) is 9.59 Å². The number of aromatic amines is 1. The third-order valence-electron chi connectivity index (χ3n) is 5.56. The Morgan fingerprint density at radius 2 is 2.00 bits per heavy atom. The standard InChI is InChI=1S/C21H25N3O4/c1-14-17(20(26)23-15(2)22-14)11-19(25)24-12-16-5-3-4-6-18(16)28-21(13-24)7-9-27-10-8-21/h3-6H,7-13H2,1-2H3,(H,22,23,26). The van der Waals surface area contributed by atoms with Crippen molar-refractivity contribution in [3.63, 3.8) is 0 Å². The molecule has 7 heteroatoms. The number of aromatic nitrogens is 2. The molecule has 1 fully saturated rings. The van der Waals surface area contributed by atoms with Gasteiger partial charge in [-0.2, -0.15) is 0 Å². The first-order valence-corrected chi connectivity index (χ1v) is 9.65. The molecule has 3 heterocycles. The average Bonchev–Trinajstić information content (AvgIpc) is 2.81. The molecule has 1 saturated heterocycles. The van der Waals surface area contributed by atoms with Gasteiger partial charge in [-0.15, -0.1) is 0 Å². The van der Waals surface area contributed by atoms with Gasteiger partial charge in [-0.25, -0.2) is 4.98 Å². The molecule has 2 aliphatic heterocycles. The van der Waals surface area contributed by atoms with Crippen LogP contribution in [0.5, 0.6) is 5.75 Å². The normalized spacial score (nSPS) is 18.3. The van der Waals surface area contributed by atoms with Crippen LogP contribution in [0.15, 0.2) is 29.1 Å². The van der Waals surface area contributed by atoms with E-state index < -0.39 is 5.60 Å². The molecular weight excluding hydrogens is 358 g/mol. The van der Waals surface area contributed by atoms with Crippen LogP contribution in [-0.2, 0) is 22.5 Å². The number of nitrogens with one attached hydrogen (secondary N) is 1. The SMILES string of the molecule is Cc1nc(C)c(CC(=O)N2Cc3ccccc3OC3(CCOCC3)C2)c(=O)[nH]1. The Labute approximate surface area is 163 Å². The van der Waals surface area contributed by atoms with E-state index >= 15 is 0 Å². The van der Waals surface area contributed by atoms with E-state index in [-0.39, 0.29) is 17.9 Å². The largest absolute Gasteiger partial charge is 0.485 e. The molecule has 2 aliphatic rings. The zero-order valence-corrected chi connectivity index (χ0v) is 16.3. The maximum atomic E-state index is 13.2. The lowest BCUT2D eigenvalue weighted by Gasteiger charge is -2.39.